The van der Waals surface area contributed by atoms with E-state index in [-0.39, 0.29) is 12.6 Å². The van der Waals surface area contributed by atoms with Gasteiger partial charge in [0.2, 0.25) is 0 Å². The highest BCUT2D eigenvalue weighted by molar-refractivity contribution is 7.07. The van der Waals surface area contributed by atoms with Crippen LogP contribution in [0.4, 0.5) is 4.79 Å². The van der Waals surface area contributed by atoms with Crippen LogP contribution in [0.1, 0.15) is 37.3 Å². The molecule has 0 fully saturated rings. The number of amides is 2. The molecule has 2 aromatic heterocycles. The molecule has 3 N–H and O–H groups in total. The minimum atomic E-state index is -0.679. The molecule has 0 spiro atoms. The van der Waals surface area contributed by atoms with Gasteiger partial charge >= 0.3 is 6.03 Å². The number of hydrogen-bond acceptors (Lipinski definition) is 4. The normalized spacial score (nSPS) is 12.4. The van der Waals surface area contributed by atoms with Gasteiger partial charge in [0.25, 0.3) is 0 Å². The molecule has 1 unspecified atom stereocenters. The van der Waals surface area contributed by atoms with Crippen molar-refractivity contribution in [3.63, 3.8) is 0 Å². The molecule has 7 heteroatoms. The largest absolute Gasteiger partial charge is 0.387 e. The Morgan fingerprint density at radius 2 is 2.24 bits per heavy atom. The first kappa shape index (κ1) is 15.5. The Balaban J connectivity index is 1.72. The SMILES string of the molecule is CC(C)n1ccc(CNC(=O)NCC(O)c2ccsc2)n1. The first-order chi connectivity index (χ1) is 10.1. The van der Waals surface area contributed by atoms with Gasteiger partial charge in [-0.25, -0.2) is 4.79 Å². The quantitative estimate of drug-likeness (QED) is 0.764. The van der Waals surface area contributed by atoms with Gasteiger partial charge in [-0.3, -0.25) is 4.68 Å². The third-order valence-electron chi connectivity index (χ3n) is 3.01. The van der Waals surface area contributed by atoms with Crippen molar-refractivity contribution in [2.45, 2.75) is 32.5 Å². The molecule has 2 aromatic rings. The van der Waals surface area contributed by atoms with Crippen LogP contribution in [-0.4, -0.2) is 27.5 Å². The molecule has 114 valence electrons. The van der Waals surface area contributed by atoms with E-state index < -0.39 is 6.10 Å². The van der Waals surface area contributed by atoms with E-state index in [0.29, 0.717) is 12.6 Å². The summed E-state index contributed by atoms with van der Waals surface area (Å²) in [6.07, 6.45) is 1.21. The van der Waals surface area contributed by atoms with Crippen LogP contribution < -0.4 is 10.6 Å². The number of rotatable bonds is 6. The standard InChI is InChI=1S/C14H20N4O2S/c1-10(2)18-5-3-12(17-18)7-15-14(20)16-8-13(19)11-4-6-21-9-11/h3-6,9-10,13,19H,7-8H2,1-2H3,(H2,15,16,20). The number of aliphatic hydroxyl groups is 1. The number of nitrogens with one attached hydrogen (secondary N) is 2. The van der Waals surface area contributed by atoms with E-state index in [9.17, 15) is 9.90 Å². The van der Waals surface area contributed by atoms with E-state index in [4.69, 9.17) is 0 Å². The fourth-order valence-corrected chi connectivity index (χ4v) is 2.47. The highest BCUT2D eigenvalue weighted by atomic mass is 32.1. The van der Waals surface area contributed by atoms with Crippen LogP contribution in [0, 0.1) is 0 Å². The number of thiophene rings is 1. The van der Waals surface area contributed by atoms with Gasteiger partial charge in [0, 0.05) is 18.8 Å². The zero-order chi connectivity index (χ0) is 15.2. The molecule has 1 atom stereocenters. The van der Waals surface area contributed by atoms with Crippen LogP contribution in [0.25, 0.3) is 0 Å². The minimum Gasteiger partial charge on any atom is -0.387 e. The van der Waals surface area contributed by atoms with Gasteiger partial charge < -0.3 is 15.7 Å². The Morgan fingerprint density at radius 3 is 2.86 bits per heavy atom. The Hall–Kier alpha value is -1.86. The summed E-state index contributed by atoms with van der Waals surface area (Å²) in [5.74, 6) is 0. The average molecular weight is 308 g/mol. The van der Waals surface area contributed by atoms with Crippen molar-refractivity contribution in [2.75, 3.05) is 6.54 Å². The number of nitrogens with zero attached hydrogens (tertiary/aromatic N) is 2. The zero-order valence-electron chi connectivity index (χ0n) is 12.1. The van der Waals surface area contributed by atoms with Crippen LogP contribution in [0.5, 0.6) is 0 Å². The third-order valence-corrected chi connectivity index (χ3v) is 3.71. The molecule has 0 aliphatic rings. The van der Waals surface area contributed by atoms with E-state index in [1.54, 1.807) is 0 Å². The smallest absolute Gasteiger partial charge is 0.315 e. The molecule has 0 aliphatic carbocycles. The number of urea groups is 1. The van der Waals surface area contributed by atoms with Crippen LogP contribution in [0.2, 0.25) is 0 Å². The summed E-state index contributed by atoms with van der Waals surface area (Å²) in [6.45, 7) is 4.63. The molecule has 2 rings (SSSR count). The minimum absolute atomic E-state index is 0.184. The van der Waals surface area contributed by atoms with E-state index >= 15 is 0 Å². The second-order valence-electron chi connectivity index (χ2n) is 5.02. The summed E-state index contributed by atoms with van der Waals surface area (Å²) in [5.41, 5.74) is 1.62. The zero-order valence-corrected chi connectivity index (χ0v) is 12.9. The van der Waals surface area contributed by atoms with Crippen molar-refractivity contribution in [1.29, 1.82) is 0 Å². The van der Waals surface area contributed by atoms with Crippen molar-refractivity contribution in [3.05, 3.63) is 40.3 Å². The molecule has 0 aromatic carbocycles. The second kappa shape index (κ2) is 7.24. The number of carbonyl (C=O) groups excluding carboxylic acids is 1. The van der Waals surface area contributed by atoms with Gasteiger partial charge in [0.15, 0.2) is 0 Å². The second-order valence-corrected chi connectivity index (χ2v) is 5.80. The molecule has 0 radical (unpaired) electrons. The molecule has 2 amide bonds. The fourth-order valence-electron chi connectivity index (χ4n) is 1.76. The van der Waals surface area contributed by atoms with Gasteiger partial charge in [0.1, 0.15) is 0 Å². The summed E-state index contributed by atoms with van der Waals surface area (Å²) in [5, 5.41) is 23.3. The molecule has 0 aliphatic heterocycles. The summed E-state index contributed by atoms with van der Waals surface area (Å²) < 4.78 is 1.84. The predicted octanol–water partition coefficient (Wildman–Crippen LogP) is 2.06. The molecule has 0 bridgehead atoms. The fraction of sp³-hybridized carbons (Fsp3) is 0.429. The van der Waals surface area contributed by atoms with Gasteiger partial charge in [-0.2, -0.15) is 16.4 Å². The average Bonchev–Trinajstić information content (AvgIpc) is 3.13. The van der Waals surface area contributed by atoms with E-state index in [0.717, 1.165) is 11.3 Å². The number of aliphatic hydroxyl groups excluding tert-OH is 1. The molecular formula is C14H20N4O2S. The molecule has 0 saturated carbocycles. The van der Waals surface area contributed by atoms with E-state index in [1.807, 2.05) is 47.6 Å². The van der Waals surface area contributed by atoms with Crippen molar-refractivity contribution in [1.82, 2.24) is 20.4 Å². The van der Waals surface area contributed by atoms with E-state index in [1.165, 1.54) is 11.3 Å². The topological polar surface area (TPSA) is 79.2 Å². The Bertz CT molecular complexity index is 565. The predicted molar refractivity (Wildman–Crippen MR) is 82.1 cm³/mol. The van der Waals surface area contributed by atoms with Crippen molar-refractivity contribution in [2.24, 2.45) is 0 Å². The summed E-state index contributed by atoms with van der Waals surface area (Å²) in [6, 6.07) is 3.70. The van der Waals surface area contributed by atoms with Crippen LogP contribution in [0.15, 0.2) is 29.1 Å². The molecule has 6 nitrogen and oxygen atoms in total. The number of aromatic nitrogens is 2. The van der Waals surface area contributed by atoms with Gasteiger partial charge in [-0.05, 0) is 42.3 Å². The van der Waals surface area contributed by atoms with Gasteiger partial charge in [0.05, 0.1) is 18.3 Å². The lowest BCUT2D eigenvalue weighted by Crippen LogP contribution is -2.37. The van der Waals surface area contributed by atoms with Crippen molar-refractivity contribution < 1.29 is 9.90 Å². The third kappa shape index (κ3) is 4.57. The van der Waals surface area contributed by atoms with Crippen LogP contribution in [0.3, 0.4) is 0 Å². The first-order valence-corrected chi connectivity index (χ1v) is 7.76. The summed E-state index contributed by atoms with van der Waals surface area (Å²) in [7, 11) is 0. The molecule has 0 saturated heterocycles. The van der Waals surface area contributed by atoms with Gasteiger partial charge in [-0.1, -0.05) is 0 Å². The maximum absolute atomic E-state index is 11.7. The summed E-state index contributed by atoms with van der Waals surface area (Å²) in [4.78, 5) is 11.7. The lowest BCUT2D eigenvalue weighted by molar-refractivity contribution is 0.173. The first-order valence-electron chi connectivity index (χ1n) is 6.82. The maximum atomic E-state index is 11.7. The molecular weight excluding hydrogens is 288 g/mol. The Morgan fingerprint density at radius 1 is 1.43 bits per heavy atom. The van der Waals surface area contributed by atoms with Crippen molar-refractivity contribution >= 4 is 17.4 Å². The highest BCUT2D eigenvalue weighted by Crippen LogP contribution is 2.14. The molecule has 21 heavy (non-hydrogen) atoms. The van der Waals surface area contributed by atoms with Crippen molar-refractivity contribution in [3.8, 4) is 0 Å². The monoisotopic (exact) mass is 308 g/mol. The Kier molecular flexibility index (Phi) is 5.35. The lowest BCUT2D eigenvalue weighted by Gasteiger charge is -2.11. The van der Waals surface area contributed by atoms with Crippen LogP contribution in [-0.2, 0) is 6.54 Å². The molecule has 2 heterocycles. The summed E-state index contributed by atoms with van der Waals surface area (Å²) >= 11 is 1.52. The van der Waals surface area contributed by atoms with Gasteiger partial charge in [-0.15, -0.1) is 0 Å². The number of hydrogen-bond donors (Lipinski definition) is 3. The van der Waals surface area contributed by atoms with E-state index in [2.05, 4.69) is 15.7 Å². The van der Waals surface area contributed by atoms with Crippen LogP contribution >= 0.6 is 11.3 Å². The highest BCUT2D eigenvalue weighted by Gasteiger charge is 2.10. The Labute approximate surface area is 127 Å². The lowest BCUT2D eigenvalue weighted by atomic mass is 10.2. The number of carbonyl (C=O) groups is 1. The maximum Gasteiger partial charge on any atom is 0.315 e.